The molecule has 0 radical (unpaired) electrons. The van der Waals surface area contributed by atoms with Gasteiger partial charge in [0.1, 0.15) is 16.8 Å². The molecule has 6 heteroatoms. The third-order valence-corrected chi connectivity index (χ3v) is 3.11. The van der Waals surface area contributed by atoms with Crippen molar-refractivity contribution in [2.75, 3.05) is 0 Å². The fourth-order valence-corrected chi connectivity index (χ4v) is 2.05. The van der Waals surface area contributed by atoms with E-state index in [1.54, 1.807) is 6.07 Å². The highest BCUT2D eigenvalue weighted by Crippen LogP contribution is 2.13. The van der Waals surface area contributed by atoms with Crippen molar-refractivity contribution >= 4 is 17.5 Å². The lowest BCUT2D eigenvalue weighted by atomic mass is 10.1. The van der Waals surface area contributed by atoms with Crippen LogP contribution in [0, 0.1) is 11.6 Å². The van der Waals surface area contributed by atoms with Crippen molar-refractivity contribution in [1.82, 2.24) is 10.3 Å². The maximum absolute atomic E-state index is 13.5. The average molecular weight is 311 g/mol. The number of carbonyl (C=O) groups is 1. The van der Waals surface area contributed by atoms with Crippen LogP contribution in [0.25, 0.3) is 0 Å². The van der Waals surface area contributed by atoms with E-state index in [1.165, 1.54) is 6.07 Å². The number of aryl methyl sites for hydroxylation is 1. The van der Waals surface area contributed by atoms with Crippen molar-refractivity contribution < 1.29 is 13.6 Å². The van der Waals surface area contributed by atoms with Crippen LogP contribution in [0.15, 0.2) is 30.3 Å². The zero-order valence-electron chi connectivity index (χ0n) is 11.3. The van der Waals surface area contributed by atoms with Crippen LogP contribution >= 0.6 is 11.6 Å². The van der Waals surface area contributed by atoms with Gasteiger partial charge in [-0.05, 0) is 36.8 Å². The van der Waals surface area contributed by atoms with Crippen molar-refractivity contribution in [3.63, 3.8) is 0 Å². The monoisotopic (exact) mass is 310 g/mol. The first kappa shape index (κ1) is 15.4. The molecule has 0 saturated heterocycles. The Morgan fingerprint density at radius 1 is 1.29 bits per heavy atom. The number of nitrogens with zero attached hydrogens (tertiary/aromatic N) is 1. The van der Waals surface area contributed by atoms with Crippen LogP contribution in [-0.2, 0) is 13.0 Å². The van der Waals surface area contributed by atoms with Crippen molar-refractivity contribution in [3.05, 3.63) is 63.9 Å². The molecule has 1 heterocycles. The third kappa shape index (κ3) is 3.98. The quantitative estimate of drug-likeness (QED) is 0.878. The first-order valence-corrected chi connectivity index (χ1v) is 6.76. The lowest BCUT2D eigenvalue weighted by molar-refractivity contribution is 0.0950. The summed E-state index contributed by atoms with van der Waals surface area (Å²) in [6, 6.07) is 6.14. The molecule has 1 amide bonds. The maximum atomic E-state index is 13.5. The van der Waals surface area contributed by atoms with Gasteiger partial charge in [-0.2, -0.15) is 0 Å². The van der Waals surface area contributed by atoms with Gasteiger partial charge >= 0.3 is 0 Å². The number of benzene rings is 1. The van der Waals surface area contributed by atoms with Crippen LogP contribution in [0.1, 0.15) is 28.5 Å². The number of rotatable bonds is 4. The fraction of sp³-hybridized carbons (Fsp3) is 0.200. The molecular formula is C15H13ClF2N2O. The number of aromatic nitrogens is 1. The predicted molar refractivity (Wildman–Crippen MR) is 76.2 cm³/mol. The van der Waals surface area contributed by atoms with E-state index >= 15 is 0 Å². The second-order valence-electron chi connectivity index (χ2n) is 4.44. The van der Waals surface area contributed by atoms with Crippen molar-refractivity contribution in [3.8, 4) is 0 Å². The molecule has 2 rings (SSSR count). The summed E-state index contributed by atoms with van der Waals surface area (Å²) < 4.78 is 26.5. The molecule has 0 fully saturated rings. The van der Waals surface area contributed by atoms with Gasteiger partial charge in [-0.3, -0.25) is 4.79 Å². The summed E-state index contributed by atoms with van der Waals surface area (Å²) in [6.07, 6.45) is 0.638. The molecule has 1 N–H and O–H groups in total. The number of hydrogen-bond acceptors (Lipinski definition) is 2. The second kappa shape index (κ2) is 6.63. The van der Waals surface area contributed by atoms with Gasteiger partial charge in [0.15, 0.2) is 0 Å². The molecule has 0 unspecified atom stereocenters. The molecule has 0 bridgehead atoms. The van der Waals surface area contributed by atoms with Gasteiger partial charge in [0, 0.05) is 23.4 Å². The SMILES string of the molecule is CCc1cc(C(=O)NCc2cc(F)ccc2F)cc(Cl)n1. The molecule has 0 atom stereocenters. The minimum atomic E-state index is -0.571. The highest BCUT2D eigenvalue weighted by atomic mass is 35.5. The normalized spacial score (nSPS) is 10.5. The first-order valence-electron chi connectivity index (χ1n) is 6.38. The summed E-state index contributed by atoms with van der Waals surface area (Å²) in [7, 11) is 0. The lowest BCUT2D eigenvalue weighted by Crippen LogP contribution is -2.23. The van der Waals surface area contributed by atoms with E-state index in [2.05, 4.69) is 10.3 Å². The molecule has 110 valence electrons. The molecular weight excluding hydrogens is 298 g/mol. The number of carbonyl (C=O) groups excluding carboxylic acids is 1. The van der Waals surface area contributed by atoms with Gasteiger partial charge < -0.3 is 5.32 Å². The smallest absolute Gasteiger partial charge is 0.251 e. The highest BCUT2D eigenvalue weighted by Gasteiger charge is 2.10. The summed E-state index contributed by atoms with van der Waals surface area (Å²) >= 11 is 5.84. The van der Waals surface area contributed by atoms with Crippen molar-refractivity contribution in [2.45, 2.75) is 19.9 Å². The molecule has 1 aromatic carbocycles. The van der Waals surface area contributed by atoms with Gasteiger partial charge in [0.25, 0.3) is 5.91 Å². The van der Waals surface area contributed by atoms with Gasteiger partial charge in [0.2, 0.25) is 0 Å². The highest BCUT2D eigenvalue weighted by molar-refractivity contribution is 6.29. The molecule has 0 saturated carbocycles. The summed E-state index contributed by atoms with van der Waals surface area (Å²) in [5.41, 5.74) is 1.10. The fourth-order valence-electron chi connectivity index (χ4n) is 1.82. The molecule has 0 spiro atoms. The molecule has 0 aliphatic heterocycles. The second-order valence-corrected chi connectivity index (χ2v) is 4.83. The Hall–Kier alpha value is -2.01. The Kier molecular flexibility index (Phi) is 4.85. The summed E-state index contributed by atoms with van der Waals surface area (Å²) in [5.74, 6) is -1.54. The molecule has 21 heavy (non-hydrogen) atoms. The summed E-state index contributed by atoms with van der Waals surface area (Å²) in [5, 5.41) is 2.75. The number of halogens is 3. The van der Waals surface area contributed by atoms with Crippen LogP contribution < -0.4 is 5.32 Å². The Balaban J connectivity index is 2.11. The largest absolute Gasteiger partial charge is 0.348 e. The Bertz CT molecular complexity index is 677. The van der Waals surface area contributed by atoms with Crippen LogP contribution in [0.5, 0.6) is 0 Å². The van der Waals surface area contributed by atoms with E-state index in [-0.39, 0.29) is 17.3 Å². The van der Waals surface area contributed by atoms with Crippen LogP contribution in [0.3, 0.4) is 0 Å². The van der Waals surface area contributed by atoms with E-state index in [1.807, 2.05) is 6.92 Å². The van der Waals surface area contributed by atoms with Gasteiger partial charge in [-0.25, -0.2) is 13.8 Å². The number of amides is 1. The third-order valence-electron chi connectivity index (χ3n) is 2.92. The number of nitrogens with one attached hydrogen (secondary N) is 1. The Labute approximate surface area is 126 Å². The first-order chi connectivity index (χ1) is 9.99. The molecule has 2 aromatic rings. The summed E-state index contributed by atoms with van der Waals surface area (Å²) in [4.78, 5) is 16.1. The van der Waals surface area contributed by atoms with E-state index in [4.69, 9.17) is 11.6 Å². The number of hydrogen-bond donors (Lipinski definition) is 1. The topological polar surface area (TPSA) is 42.0 Å². The van der Waals surface area contributed by atoms with Gasteiger partial charge in [-0.15, -0.1) is 0 Å². The minimum Gasteiger partial charge on any atom is -0.348 e. The standard InChI is InChI=1S/C15H13ClF2N2O/c1-2-12-6-9(7-14(16)20-12)15(21)19-8-10-5-11(17)3-4-13(10)18/h3-7H,2,8H2,1H3,(H,19,21). The summed E-state index contributed by atoms with van der Waals surface area (Å²) in [6.45, 7) is 1.78. The molecule has 0 aliphatic carbocycles. The molecule has 3 nitrogen and oxygen atoms in total. The van der Waals surface area contributed by atoms with Crippen molar-refractivity contribution in [1.29, 1.82) is 0 Å². The zero-order valence-corrected chi connectivity index (χ0v) is 12.0. The zero-order chi connectivity index (χ0) is 15.4. The van der Waals surface area contributed by atoms with E-state index < -0.39 is 17.5 Å². The molecule has 1 aromatic heterocycles. The van der Waals surface area contributed by atoms with Gasteiger partial charge in [-0.1, -0.05) is 18.5 Å². The average Bonchev–Trinajstić information content (AvgIpc) is 2.47. The van der Waals surface area contributed by atoms with Crippen molar-refractivity contribution in [2.24, 2.45) is 0 Å². The molecule has 0 aliphatic rings. The minimum absolute atomic E-state index is 0.0826. The van der Waals surface area contributed by atoms with E-state index in [0.717, 1.165) is 18.2 Å². The maximum Gasteiger partial charge on any atom is 0.251 e. The van der Waals surface area contributed by atoms with E-state index in [9.17, 15) is 13.6 Å². The Morgan fingerprint density at radius 3 is 2.76 bits per heavy atom. The van der Waals surface area contributed by atoms with Gasteiger partial charge in [0.05, 0.1) is 0 Å². The number of pyridine rings is 1. The Morgan fingerprint density at radius 2 is 2.05 bits per heavy atom. The van der Waals surface area contributed by atoms with Crippen LogP contribution in [0.4, 0.5) is 8.78 Å². The lowest BCUT2D eigenvalue weighted by Gasteiger charge is -2.08. The van der Waals surface area contributed by atoms with Crippen LogP contribution in [-0.4, -0.2) is 10.9 Å². The predicted octanol–water partition coefficient (Wildman–Crippen LogP) is 3.51. The van der Waals surface area contributed by atoms with Crippen LogP contribution in [0.2, 0.25) is 5.15 Å². The van der Waals surface area contributed by atoms with E-state index in [0.29, 0.717) is 17.7 Å².